The third-order valence-electron chi connectivity index (χ3n) is 12.2. The van der Waals surface area contributed by atoms with Gasteiger partial charge in [0, 0.05) is 16.7 Å². The summed E-state index contributed by atoms with van der Waals surface area (Å²) in [5, 5.41) is 0. The number of benzene rings is 8. The Morgan fingerprint density at radius 3 is 1.43 bits per heavy atom. The van der Waals surface area contributed by atoms with Crippen molar-refractivity contribution in [1.82, 2.24) is 15.0 Å². The highest BCUT2D eigenvalue weighted by Gasteiger charge is 2.49. The van der Waals surface area contributed by atoms with Crippen LogP contribution in [-0.2, 0) is 11.8 Å². The van der Waals surface area contributed by atoms with Crippen LogP contribution in [0, 0.1) is 0 Å². The maximum absolute atomic E-state index is 5.33. The van der Waals surface area contributed by atoms with Gasteiger partial charge in [-0.3, -0.25) is 0 Å². The van der Waals surface area contributed by atoms with Crippen molar-refractivity contribution in [2.75, 3.05) is 0 Å². The molecule has 0 saturated carbocycles. The van der Waals surface area contributed by atoms with Crippen LogP contribution in [0.15, 0.2) is 188 Å². The highest BCUT2D eigenvalue weighted by atomic mass is 15.0. The highest BCUT2D eigenvalue weighted by molar-refractivity contribution is 5.98. The van der Waals surface area contributed by atoms with Crippen molar-refractivity contribution in [3.05, 3.63) is 221 Å². The van der Waals surface area contributed by atoms with E-state index in [2.05, 4.69) is 170 Å². The van der Waals surface area contributed by atoms with E-state index in [4.69, 9.17) is 15.0 Å². The Morgan fingerprint density at radius 2 is 0.768 bits per heavy atom. The number of fused-ring (bicyclic) bond motifs is 15. The minimum atomic E-state index is -0.534. The molecule has 0 amide bonds. The SMILES string of the molecule is c1ccc(-c2nc(-c3ccc4c(c3)-c3ccccc3C43c4ccccc4-c4ccccc4-c4ccccc43)nc(-c3cccc4c3-c3ccccc3C4)n2)cc1. The summed E-state index contributed by atoms with van der Waals surface area (Å²) in [5.41, 5.74) is 20.2. The van der Waals surface area contributed by atoms with Crippen molar-refractivity contribution in [2.24, 2.45) is 0 Å². The van der Waals surface area contributed by atoms with Crippen LogP contribution in [0.25, 0.3) is 78.7 Å². The standard InChI is InChI=1S/C53H33N3/c1-2-15-33(16-3-1)50-54-51(56-52(55-50)43-25-14-18-35-31-34-17-4-5-19-37(34)49(35)43)36-29-30-48-44(32-36)42-24-10-13-28-47(42)53(48)45-26-11-8-22-40(45)38-20-6-7-21-39(38)41-23-9-12-27-46(41)53/h1-30,32H,31H2. The molecule has 9 aromatic rings. The Hall–Kier alpha value is -7.23. The second-order valence-electron chi connectivity index (χ2n) is 15.0. The molecule has 0 saturated heterocycles. The molecule has 0 atom stereocenters. The third kappa shape index (κ3) is 4.31. The van der Waals surface area contributed by atoms with E-state index in [9.17, 15) is 0 Å². The lowest BCUT2D eigenvalue weighted by molar-refractivity contribution is 0.775. The maximum Gasteiger partial charge on any atom is 0.164 e. The van der Waals surface area contributed by atoms with Crippen molar-refractivity contribution >= 4 is 0 Å². The molecule has 0 aliphatic heterocycles. The lowest BCUT2D eigenvalue weighted by Crippen LogP contribution is -2.29. The van der Waals surface area contributed by atoms with E-state index in [1.807, 2.05) is 18.2 Å². The molecule has 12 rings (SSSR count). The average Bonchev–Trinajstić information content (AvgIpc) is 3.77. The molecule has 0 radical (unpaired) electrons. The van der Waals surface area contributed by atoms with Crippen molar-refractivity contribution in [3.8, 4) is 78.7 Å². The van der Waals surface area contributed by atoms with Gasteiger partial charge in [0.05, 0.1) is 5.41 Å². The molecule has 1 aromatic heterocycles. The van der Waals surface area contributed by atoms with Crippen LogP contribution in [0.2, 0.25) is 0 Å². The zero-order valence-corrected chi connectivity index (χ0v) is 30.4. The number of nitrogens with zero attached hydrogens (tertiary/aromatic N) is 3. The predicted octanol–water partition coefficient (Wildman–Crippen LogP) is 12.5. The first-order chi connectivity index (χ1) is 27.8. The summed E-state index contributed by atoms with van der Waals surface area (Å²) in [6, 6.07) is 68.3. The van der Waals surface area contributed by atoms with E-state index >= 15 is 0 Å². The van der Waals surface area contributed by atoms with E-state index in [1.165, 1.54) is 77.9 Å². The smallest absolute Gasteiger partial charge is 0.164 e. The molecular formula is C53H33N3. The Bertz CT molecular complexity index is 3000. The lowest BCUT2D eigenvalue weighted by Gasteiger charge is -2.35. The Balaban J connectivity index is 1.11. The molecular weight excluding hydrogens is 679 g/mol. The number of rotatable bonds is 3. The molecule has 260 valence electrons. The van der Waals surface area contributed by atoms with E-state index in [-0.39, 0.29) is 0 Å². The minimum Gasteiger partial charge on any atom is -0.208 e. The first-order valence-corrected chi connectivity index (χ1v) is 19.3. The second kappa shape index (κ2) is 11.9. The quantitative estimate of drug-likeness (QED) is 0.183. The van der Waals surface area contributed by atoms with E-state index in [0.29, 0.717) is 17.5 Å². The second-order valence-corrected chi connectivity index (χ2v) is 15.0. The van der Waals surface area contributed by atoms with Gasteiger partial charge in [0.2, 0.25) is 0 Å². The summed E-state index contributed by atoms with van der Waals surface area (Å²) < 4.78 is 0. The van der Waals surface area contributed by atoms with Gasteiger partial charge >= 0.3 is 0 Å². The third-order valence-corrected chi connectivity index (χ3v) is 12.2. The molecule has 0 N–H and O–H groups in total. The zero-order chi connectivity index (χ0) is 36.8. The van der Waals surface area contributed by atoms with Gasteiger partial charge < -0.3 is 0 Å². The predicted molar refractivity (Wildman–Crippen MR) is 226 cm³/mol. The van der Waals surface area contributed by atoms with E-state index < -0.39 is 5.41 Å². The lowest BCUT2D eigenvalue weighted by atomic mass is 9.66. The molecule has 0 bridgehead atoms. The van der Waals surface area contributed by atoms with Gasteiger partial charge in [0.1, 0.15) is 0 Å². The Morgan fingerprint density at radius 1 is 0.304 bits per heavy atom. The van der Waals surface area contributed by atoms with Gasteiger partial charge in [-0.05, 0) is 90.4 Å². The topological polar surface area (TPSA) is 38.7 Å². The fraction of sp³-hybridized carbons (Fsp3) is 0.0377. The van der Waals surface area contributed by atoms with Crippen LogP contribution in [0.1, 0.15) is 33.4 Å². The van der Waals surface area contributed by atoms with Gasteiger partial charge in [-0.2, -0.15) is 0 Å². The molecule has 3 aliphatic carbocycles. The highest BCUT2D eigenvalue weighted by Crippen LogP contribution is 2.61. The molecule has 1 heterocycles. The van der Waals surface area contributed by atoms with Crippen LogP contribution >= 0.6 is 0 Å². The summed E-state index contributed by atoms with van der Waals surface area (Å²) in [4.78, 5) is 15.7. The first-order valence-electron chi connectivity index (χ1n) is 19.3. The monoisotopic (exact) mass is 711 g/mol. The van der Waals surface area contributed by atoms with E-state index in [0.717, 1.165) is 23.1 Å². The maximum atomic E-state index is 5.33. The fourth-order valence-electron chi connectivity index (χ4n) is 9.91. The summed E-state index contributed by atoms with van der Waals surface area (Å²) in [6.45, 7) is 0. The van der Waals surface area contributed by atoms with Crippen molar-refractivity contribution in [2.45, 2.75) is 11.8 Å². The number of hydrogen-bond donors (Lipinski definition) is 0. The Kier molecular flexibility index (Phi) is 6.61. The average molecular weight is 712 g/mol. The van der Waals surface area contributed by atoms with Crippen LogP contribution in [0.5, 0.6) is 0 Å². The van der Waals surface area contributed by atoms with Gasteiger partial charge in [-0.15, -0.1) is 0 Å². The summed E-state index contributed by atoms with van der Waals surface area (Å²) in [7, 11) is 0. The van der Waals surface area contributed by atoms with Crippen molar-refractivity contribution in [1.29, 1.82) is 0 Å². The molecule has 3 heteroatoms. The molecule has 3 nitrogen and oxygen atoms in total. The molecule has 0 fully saturated rings. The van der Waals surface area contributed by atoms with E-state index in [1.54, 1.807) is 0 Å². The van der Waals surface area contributed by atoms with Crippen molar-refractivity contribution in [3.63, 3.8) is 0 Å². The number of hydrogen-bond acceptors (Lipinski definition) is 3. The van der Waals surface area contributed by atoms with Crippen LogP contribution < -0.4 is 0 Å². The summed E-state index contributed by atoms with van der Waals surface area (Å²) in [5.74, 6) is 2.01. The Labute approximate surface area is 325 Å². The van der Waals surface area contributed by atoms with Crippen LogP contribution in [0.3, 0.4) is 0 Å². The molecule has 56 heavy (non-hydrogen) atoms. The van der Waals surface area contributed by atoms with Crippen molar-refractivity contribution < 1.29 is 0 Å². The fourth-order valence-corrected chi connectivity index (χ4v) is 9.91. The molecule has 8 aromatic carbocycles. The largest absolute Gasteiger partial charge is 0.208 e. The first kappa shape index (κ1) is 31.2. The van der Waals surface area contributed by atoms with Gasteiger partial charge in [-0.25, -0.2) is 15.0 Å². The molecule has 0 unspecified atom stereocenters. The summed E-state index contributed by atoms with van der Waals surface area (Å²) in [6.07, 6.45) is 0.909. The molecule has 1 spiro atoms. The summed E-state index contributed by atoms with van der Waals surface area (Å²) >= 11 is 0. The number of aromatic nitrogens is 3. The molecule has 3 aliphatic rings. The van der Waals surface area contributed by atoms with Gasteiger partial charge in [0.15, 0.2) is 17.5 Å². The minimum absolute atomic E-state index is 0.534. The van der Waals surface area contributed by atoms with Gasteiger partial charge in [0.25, 0.3) is 0 Å². The van der Waals surface area contributed by atoms with Gasteiger partial charge in [-0.1, -0.05) is 182 Å². The normalized spacial score (nSPS) is 13.4. The zero-order valence-electron chi connectivity index (χ0n) is 30.4. The van der Waals surface area contributed by atoms with Crippen LogP contribution in [-0.4, -0.2) is 15.0 Å². The van der Waals surface area contributed by atoms with Crippen LogP contribution in [0.4, 0.5) is 0 Å².